The van der Waals surface area contributed by atoms with Gasteiger partial charge in [-0.15, -0.1) is 0 Å². The van der Waals surface area contributed by atoms with E-state index in [0.29, 0.717) is 0 Å². The molecule has 3 nitrogen and oxygen atoms in total. The predicted octanol–water partition coefficient (Wildman–Crippen LogP) is 4.34. The van der Waals surface area contributed by atoms with E-state index in [1.807, 2.05) is 0 Å². The molecule has 0 saturated carbocycles. The number of ether oxygens (including phenoxy) is 1. The molecule has 8 heteroatoms. The van der Waals surface area contributed by atoms with Crippen LogP contribution in [0.15, 0.2) is 41.3 Å². The standard InChI is InChI=1S/C12H6Cl2F2O3S/c13-8-6-7(20(14,17)18)4-5-10(8)19-11-3-1-2-9(15)12(11)16/h1-6H. The molecule has 0 radical (unpaired) electrons. The molecule has 0 amide bonds. The largest absolute Gasteiger partial charge is 0.453 e. The van der Waals surface area contributed by atoms with Crippen LogP contribution in [0.3, 0.4) is 0 Å². The van der Waals surface area contributed by atoms with Crippen LogP contribution in [0.4, 0.5) is 8.78 Å². The Morgan fingerprint density at radius 3 is 2.35 bits per heavy atom. The molecule has 106 valence electrons. The first-order valence-corrected chi connectivity index (χ1v) is 7.84. The van der Waals surface area contributed by atoms with Gasteiger partial charge < -0.3 is 4.74 Å². The fraction of sp³-hybridized carbons (Fsp3) is 0. The summed E-state index contributed by atoms with van der Waals surface area (Å²) in [5, 5.41) is -0.101. The highest BCUT2D eigenvalue weighted by Crippen LogP contribution is 2.33. The molecular formula is C12H6Cl2F2O3S. The minimum Gasteiger partial charge on any atom is -0.453 e. The molecule has 2 aromatic carbocycles. The van der Waals surface area contributed by atoms with Crippen molar-refractivity contribution in [3.8, 4) is 11.5 Å². The predicted molar refractivity (Wildman–Crippen MR) is 70.9 cm³/mol. The van der Waals surface area contributed by atoms with Crippen molar-refractivity contribution in [2.24, 2.45) is 0 Å². The average molecular weight is 339 g/mol. The second-order valence-electron chi connectivity index (χ2n) is 3.68. The molecule has 2 rings (SSSR count). The van der Waals surface area contributed by atoms with Crippen LogP contribution in [-0.4, -0.2) is 8.42 Å². The van der Waals surface area contributed by atoms with Gasteiger partial charge in [-0.1, -0.05) is 17.7 Å². The maximum atomic E-state index is 13.4. The van der Waals surface area contributed by atoms with Crippen molar-refractivity contribution < 1.29 is 21.9 Å². The molecule has 0 atom stereocenters. The van der Waals surface area contributed by atoms with Gasteiger partial charge in [0.2, 0.25) is 5.82 Å². The molecule has 0 heterocycles. The summed E-state index contributed by atoms with van der Waals surface area (Å²) in [6.07, 6.45) is 0. The molecule has 0 aliphatic carbocycles. The van der Waals surface area contributed by atoms with Gasteiger partial charge in [-0.3, -0.25) is 0 Å². The van der Waals surface area contributed by atoms with Gasteiger partial charge in [0.1, 0.15) is 5.75 Å². The second kappa shape index (κ2) is 5.55. The Morgan fingerprint density at radius 2 is 1.75 bits per heavy atom. The molecule has 0 unspecified atom stereocenters. The summed E-state index contributed by atoms with van der Waals surface area (Å²) in [5.74, 6) is -2.63. The highest BCUT2D eigenvalue weighted by Gasteiger charge is 2.15. The van der Waals surface area contributed by atoms with Gasteiger partial charge in [-0.25, -0.2) is 12.8 Å². The van der Waals surface area contributed by atoms with Crippen molar-refractivity contribution in [1.82, 2.24) is 0 Å². The lowest BCUT2D eigenvalue weighted by molar-refractivity contribution is 0.416. The van der Waals surface area contributed by atoms with Crippen molar-refractivity contribution in [1.29, 1.82) is 0 Å². The van der Waals surface area contributed by atoms with Gasteiger partial charge in [0, 0.05) is 10.7 Å². The quantitative estimate of drug-likeness (QED) is 0.782. The number of rotatable bonds is 3. The summed E-state index contributed by atoms with van der Waals surface area (Å²) in [4.78, 5) is -0.226. The van der Waals surface area contributed by atoms with Crippen LogP contribution in [-0.2, 0) is 9.05 Å². The van der Waals surface area contributed by atoms with E-state index in [1.165, 1.54) is 18.2 Å². The highest BCUT2D eigenvalue weighted by atomic mass is 35.7. The lowest BCUT2D eigenvalue weighted by Gasteiger charge is -2.09. The first-order valence-electron chi connectivity index (χ1n) is 5.15. The van der Waals surface area contributed by atoms with Gasteiger partial charge in [-0.05, 0) is 30.3 Å². The first-order chi connectivity index (χ1) is 9.29. The molecule has 0 fully saturated rings. The van der Waals surface area contributed by atoms with E-state index in [0.717, 1.165) is 18.2 Å². The van der Waals surface area contributed by atoms with Crippen molar-refractivity contribution in [2.75, 3.05) is 0 Å². The zero-order valence-corrected chi connectivity index (χ0v) is 11.9. The first kappa shape index (κ1) is 15.0. The molecule has 0 aromatic heterocycles. The van der Waals surface area contributed by atoms with E-state index in [2.05, 4.69) is 0 Å². The Balaban J connectivity index is 2.38. The summed E-state index contributed by atoms with van der Waals surface area (Å²) in [6, 6.07) is 6.80. The van der Waals surface area contributed by atoms with Crippen LogP contribution < -0.4 is 4.74 Å². The summed E-state index contributed by atoms with van der Waals surface area (Å²) in [5.41, 5.74) is 0. The van der Waals surface area contributed by atoms with Gasteiger partial charge in [0.25, 0.3) is 9.05 Å². The third kappa shape index (κ3) is 3.20. The molecular weight excluding hydrogens is 333 g/mol. The monoisotopic (exact) mass is 338 g/mol. The van der Waals surface area contributed by atoms with E-state index >= 15 is 0 Å². The summed E-state index contributed by atoms with van der Waals surface area (Å²) >= 11 is 5.81. The van der Waals surface area contributed by atoms with Crippen LogP contribution in [0.25, 0.3) is 0 Å². The third-order valence-corrected chi connectivity index (χ3v) is 3.97. The number of hydrogen-bond donors (Lipinski definition) is 0. The highest BCUT2D eigenvalue weighted by molar-refractivity contribution is 8.13. The minimum atomic E-state index is -3.93. The molecule has 0 aliphatic rings. The smallest absolute Gasteiger partial charge is 0.261 e. The molecule has 2 aromatic rings. The van der Waals surface area contributed by atoms with Crippen molar-refractivity contribution in [3.63, 3.8) is 0 Å². The number of halogens is 4. The summed E-state index contributed by atoms with van der Waals surface area (Å²) in [7, 11) is 1.22. The normalized spacial score (nSPS) is 11.4. The molecule has 0 spiro atoms. The Labute approximate surface area is 123 Å². The van der Waals surface area contributed by atoms with Crippen LogP contribution >= 0.6 is 22.3 Å². The summed E-state index contributed by atoms with van der Waals surface area (Å²) < 4.78 is 53.8. The van der Waals surface area contributed by atoms with E-state index in [9.17, 15) is 17.2 Å². The fourth-order valence-corrected chi connectivity index (χ4v) is 2.46. The molecule has 0 bridgehead atoms. The van der Waals surface area contributed by atoms with E-state index in [4.69, 9.17) is 27.0 Å². The lowest BCUT2D eigenvalue weighted by atomic mass is 10.3. The van der Waals surface area contributed by atoms with Gasteiger partial charge in [0.05, 0.1) is 9.92 Å². The zero-order chi connectivity index (χ0) is 14.9. The van der Waals surface area contributed by atoms with Gasteiger partial charge in [0.15, 0.2) is 11.6 Å². The topological polar surface area (TPSA) is 43.4 Å². The maximum Gasteiger partial charge on any atom is 0.261 e. The Kier molecular flexibility index (Phi) is 4.17. The molecule has 0 aliphatic heterocycles. The molecule has 0 N–H and O–H groups in total. The van der Waals surface area contributed by atoms with Crippen molar-refractivity contribution >= 4 is 31.3 Å². The Bertz CT molecular complexity index is 763. The van der Waals surface area contributed by atoms with Crippen molar-refractivity contribution in [2.45, 2.75) is 4.90 Å². The second-order valence-corrected chi connectivity index (χ2v) is 6.66. The van der Waals surface area contributed by atoms with Crippen molar-refractivity contribution in [3.05, 3.63) is 53.1 Å². The SMILES string of the molecule is O=S(=O)(Cl)c1ccc(Oc2cccc(F)c2F)c(Cl)c1. The third-order valence-electron chi connectivity index (χ3n) is 2.32. The van der Waals surface area contributed by atoms with Crippen LogP contribution in [0.5, 0.6) is 11.5 Å². The molecule has 20 heavy (non-hydrogen) atoms. The zero-order valence-electron chi connectivity index (χ0n) is 9.61. The minimum absolute atomic E-state index is 0.0276. The van der Waals surface area contributed by atoms with Crippen LogP contribution in [0.1, 0.15) is 0 Å². The lowest BCUT2D eigenvalue weighted by Crippen LogP contribution is -1.94. The Morgan fingerprint density at radius 1 is 1.05 bits per heavy atom. The number of benzene rings is 2. The van der Waals surface area contributed by atoms with Gasteiger partial charge in [-0.2, -0.15) is 4.39 Å². The molecule has 0 saturated heterocycles. The van der Waals surface area contributed by atoms with Crippen LogP contribution in [0.2, 0.25) is 5.02 Å². The number of hydrogen-bond acceptors (Lipinski definition) is 3. The Hall–Kier alpha value is -1.37. The summed E-state index contributed by atoms with van der Waals surface area (Å²) in [6.45, 7) is 0. The van der Waals surface area contributed by atoms with Crippen LogP contribution in [0, 0.1) is 11.6 Å². The van der Waals surface area contributed by atoms with Gasteiger partial charge >= 0.3 is 0 Å². The van der Waals surface area contributed by atoms with E-state index in [-0.39, 0.29) is 21.4 Å². The van der Waals surface area contributed by atoms with E-state index in [1.54, 1.807) is 0 Å². The average Bonchev–Trinajstić information content (AvgIpc) is 2.36. The van der Waals surface area contributed by atoms with E-state index < -0.39 is 20.7 Å². The maximum absolute atomic E-state index is 13.4. The fourth-order valence-electron chi connectivity index (χ4n) is 1.40.